The maximum atomic E-state index is 4.45. The van der Waals surface area contributed by atoms with E-state index in [2.05, 4.69) is 12.2 Å². The lowest BCUT2D eigenvalue weighted by Gasteiger charge is -2.18. The van der Waals surface area contributed by atoms with Gasteiger partial charge in [-0.05, 0) is 31.6 Å². The first-order chi connectivity index (χ1) is 5.93. The summed E-state index contributed by atoms with van der Waals surface area (Å²) in [6, 6.07) is 0. The van der Waals surface area contributed by atoms with Gasteiger partial charge in [-0.1, -0.05) is 26.2 Å². The van der Waals surface area contributed by atoms with E-state index in [1.54, 1.807) is 0 Å². The van der Waals surface area contributed by atoms with Gasteiger partial charge in [-0.2, -0.15) is 0 Å². The van der Waals surface area contributed by atoms with E-state index in [0.29, 0.717) is 0 Å². The molecule has 0 amide bonds. The fraction of sp³-hybridized carbons (Fsp3) is 1.00. The van der Waals surface area contributed by atoms with Crippen LogP contribution in [0.1, 0.15) is 51.9 Å². The second-order valence-electron chi connectivity index (χ2n) is 3.96. The highest BCUT2D eigenvalue weighted by atomic mass is 14.8. The average Bonchev–Trinajstić information content (AvgIpc) is 2.02. The molecule has 0 spiro atoms. The first-order valence-electron chi connectivity index (χ1n) is 5.56. The summed E-state index contributed by atoms with van der Waals surface area (Å²) in [5.74, 6) is 1.03. The minimum absolute atomic E-state index is 1.03. The Morgan fingerprint density at radius 1 is 1.17 bits per heavy atom. The molecule has 0 unspecified atom stereocenters. The third-order valence-corrected chi connectivity index (χ3v) is 2.82. The maximum absolute atomic E-state index is 4.45. The number of rotatable bonds is 3. The SMILES string of the molecule is CCCCC1CCC[N]CCC1. The molecule has 0 atom stereocenters. The highest BCUT2D eigenvalue weighted by Gasteiger charge is 2.10. The second kappa shape index (κ2) is 6.47. The Balaban J connectivity index is 2.11. The van der Waals surface area contributed by atoms with Crippen LogP contribution in [0.3, 0.4) is 0 Å². The molecule has 1 radical (unpaired) electrons. The molecule has 0 N–H and O–H groups in total. The monoisotopic (exact) mass is 168 g/mol. The van der Waals surface area contributed by atoms with Gasteiger partial charge in [-0.25, -0.2) is 5.32 Å². The van der Waals surface area contributed by atoms with Crippen LogP contribution in [0.4, 0.5) is 0 Å². The van der Waals surface area contributed by atoms with E-state index in [1.165, 1.54) is 44.9 Å². The second-order valence-corrected chi connectivity index (χ2v) is 3.96. The smallest absolute Gasteiger partial charge is 0.0133 e. The third-order valence-electron chi connectivity index (χ3n) is 2.82. The summed E-state index contributed by atoms with van der Waals surface area (Å²) in [6.07, 6.45) is 9.81. The van der Waals surface area contributed by atoms with Crippen LogP contribution < -0.4 is 5.32 Å². The van der Waals surface area contributed by atoms with E-state index < -0.39 is 0 Å². The predicted octanol–water partition coefficient (Wildman–Crippen LogP) is 2.97. The van der Waals surface area contributed by atoms with Crippen LogP contribution in [-0.2, 0) is 0 Å². The van der Waals surface area contributed by atoms with Crippen molar-refractivity contribution in [3.8, 4) is 0 Å². The zero-order chi connectivity index (χ0) is 8.65. The summed E-state index contributed by atoms with van der Waals surface area (Å²) in [5, 5.41) is 4.45. The molecule has 1 saturated heterocycles. The molecule has 1 rings (SSSR count). The highest BCUT2D eigenvalue weighted by Crippen LogP contribution is 2.21. The van der Waals surface area contributed by atoms with Gasteiger partial charge in [0.05, 0.1) is 0 Å². The zero-order valence-electron chi connectivity index (χ0n) is 8.39. The van der Waals surface area contributed by atoms with Gasteiger partial charge in [0.1, 0.15) is 0 Å². The fourth-order valence-electron chi connectivity index (χ4n) is 2.02. The van der Waals surface area contributed by atoms with Crippen molar-refractivity contribution in [2.45, 2.75) is 51.9 Å². The average molecular weight is 168 g/mol. The summed E-state index contributed by atoms with van der Waals surface area (Å²) < 4.78 is 0. The normalized spacial score (nSPS) is 21.8. The molecule has 12 heavy (non-hydrogen) atoms. The van der Waals surface area contributed by atoms with Crippen LogP contribution in [0.25, 0.3) is 0 Å². The van der Waals surface area contributed by atoms with Crippen molar-refractivity contribution < 1.29 is 0 Å². The van der Waals surface area contributed by atoms with Crippen molar-refractivity contribution >= 4 is 0 Å². The van der Waals surface area contributed by atoms with Crippen LogP contribution in [0.5, 0.6) is 0 Å². The standard InChI is InChI=1S/C11H22N/c1-2-3-6-11-7-4-9-12-10-5-8-11/h11H,2-10H2,1H3. The van der Waals surface area contributed by atoms with Crippen molar-refractivity contribution in [3.05, 3.63) is 0 Å². The molecular formula is C11H22N. The van der Waals surface area contributed by atoms with E-state index >= 15 is 0 Å². The number of unbranched alkanes of at least 4 members (excludes halogenated alkanes) is 1. The van der Waals surface area contributed by atoms with Crippen molar-refractivity contribution in [2.24, 2.45) is 5.92 Å². The van der Waals surface area contributed by atoms with Crippen LogP contribution in [0.15, 0.2) is 0 Å². The minimum atomic E-state index is 1.03. The summed E-state index contributed by atoms with van der Waals surface area (Å²) in [5.41, 5.74) is 0. The lowest BCUT2D eigenvalue weighted by atomic mass is 9.91. The number of hydrogen-bond donors (Lipinski definition) is 0. The van der Waals surface area contributed by atoms with Gasteiger partial charge < -0.3 is 0 Å². The largest absolute Gasteiger partial charge is 0.242 e. The quantitative estimate of drug-likeness (QED) is 0.615. The van der Waals surface area contributed by atoms with E-state index in [0.717, 1.165) is 19.0 Å². The molecule has 0 aromatic heterocycles. The Kier molecular flexibility index (Phi) is 5.42. The van der Waals surface area contributed by atoms with E-state index in [9.17, 15) is 0 Å². The first kappa shape index (κ1) is 10.0. The van der Waals surface area contributed by atoms with Gasteiger partial charge in [0.25, 0.3) is 0 Å². The third kappa shape index (κ3) is 4.10. The van der Waals surface area contributed by atoms with Gasteiger partial charge in [0, 0.05) is 13.1 Å². The van der Waals surface area contributed by atoms with Gasteiger partial charge >= 0.3 is 0 Å². The van der Waals surface area contributed by atoms with Gasteiger partial charge in [0.2, 0.25) is 0 Å². The Morgan fingerprint density at radius 3 is 2.42 bits per heavy atom. The molecule has 71 valence electrons. The molecule has 0 bridgehead atoms. The molecule has 1 aliphatic heterocycles. The summed E-state index contributed by atoms with van der Waals surface area (Å²) in [7, 11) is 0. The van der Waals surface area contributed by atoms with E-state index in [-0.39, 0.29) is 0 Å². The molecule has 0 aliphatic carbocycles. The van der Waals surface area contributed by atoms with Crippen LogP contribution in [0, 0.1) is 5.92 Å². The zero-order valence-corrected chi connectivity index (χ0v) is 8.39. The molecule has 0 aromatic carbocycles. The van der Waals surface area contributed by atoms with Gasteiger partial charge in [0.15, 0.2) is 0 Å². The van der Waals surface area contributed by atoms with Crippen molar-refractivity contribution in [2.75, 3.05) is 13.1 Å². The maximum Gasteiger partial charge on any atom is 0.0133 e. The minimum Gasteiger partial charge on any atom is -0.242 e. The molecule has 0 saturated carbocycles. The Hall–Kier alpha value is -0.0400. The summed E-state index contributed by atoms with van der Waals surface area (Å²) in [4.78, 5) is 0. The van der Waals surface area contributed by atoms with E-state index in [4.69, 9.17) is 0 Å². The number of hydrogen-bond acceptors (Lipinski definition) is 0. The molecule has 1 heterocycles. The van der Waals surface area contributed by atoms with Crippen molar-refractivity contribution in [1.29, 1.82) is 0 Å². The van der Waals surface area contributed by atoms with Crippen LogP contribution in [-0.4, -0.2) is 13.1 Å². The topological polar surface area (TPSA) is 14.1 Å². The predicted molar refractivity (Wildman–Crippen MR) is 53.4 cm³/mol. The summed E-state index contributed by atoms with van der Waals surface area (Å²) in [6.45, 7) is 4.55. The molecule has 0 aromatic rings. The van der Waals surface area contributed by atoms with Crippen molar-refractivity contribution in [3.63, 3.8) is 0 Å². The summed E-state index contributed by atoms with van der Waals surface area (Å²) >= 11 is 0. The van der Waals surface area contributed by atoms with E-state index in [1.807, 2.05) is 0 Å². The van der Waals surface area contributed by atoms with Crippen molar-refractivity contribution in [1.82, 2.24) is 5.32 Å². The molecule has 1 fully saturated rings. The van der Waals surface area contributed by atoms with Crippen LogP contribution >= 0.6 is 0 Å². The Bertz CT molecular complexity index is 90.4. The molecular weight excluding hydrogens is 146 g/mol. The molecule has 1 nitrogen and oxygen atoms in total. The molecule has 1 aliphatic rings. The van der Waals surface area contributed by atoms with Crippen LogP contribution in [0.2, 0.25) is 0 Å². The Labute approximate surface area is 76.9 Å². The first-order valence-corrected chi connectivity index (χ1v) is 5.56. The number of nitrogens with zero attached hydrogens (tertiary/aromatic N) is 1. The highest BCUT2D eigenvalue weighted by molar-refractivity contribution is 4.64. The molecule has 1 heteroatoms. The lowest BCUT2D eigenvalue weighted by molar-refractivity contribution is 0.356. The fourth-order valence-corrected chi connectivity index (χ4v) is 2.02. The van der Waals surface area contributed by atoms with Gasteiger partial charge in [-0.15, -0.1) is 0 Å². The van der Waals surface area contributed by atoms with Gasteiger partial charge in [-0.3, -0.25) is 0 Å². The lowest BCUT2D eigenvalue weighted by Crippen LogP contribution is -2.15. The Morgan fingerprint density at radius 2 is 1.83 bits per heavy atom.